The fourth-order valence-corrected chi connectivity index (χ4v) is 3.47. The number of esters is 1. The number of hydrogen-bond donors (Lipinski definition) is 0. The highest BCUT2D eigenvalue weighted by Crippen LogP contribution is 2.35. The molecule has 7 nitrogen and oxygen atoms in total. The van der Waals surface area contributed by atoms with E-state index in [4.69, 9.17) is 14.2 Å². The Kier molecular flexibility index (Phi) is 4.21. The first-order valence-electron chi connectivity index (χ1n) is 9.26. The third kappa shape index (κ3) is 3.06. The van der Waals surface area contributed by atoms with Crippen LogP contribution in [0.5, 0.6) is 17.2 Å². The zero-order valence-electron chi connectivity index (χ0n) is 15.7. The standard InChI is InChI=1S/C23H15NO6/c25-21-17-6-1-2-7-18(17)22(26)24(21)12-14-4-3-5-15(10-14)23(27)30-16-8-9-19-20(11-16)29-13-28-19/h1-11H,12-13H2. The molecule has 0 aromatic heterocycles. The molecule has 0 saturated heterocycles. The smallest absolute Gasteiger partial charge is 0.343 e. The van der Waals surface area contributed by atoms with Gasteiger partial charge in [0.15, 0.2) is 11.5 Å². The Balaban J connectivity index is 1.33. The van der Waals surface area contributed by atoms with E-state index in [1.165, 1.54) is 4.90 Å². The van der Waals surface area contributed by atoms with Crippen LogP contribution in [0.25, 0.3) is 0 Å². The van der Waals surface area contributed by atoms with Crippen molar-refractivity contribution in [3.05, 3.63) is 89.0 Å². The molecule has 0 fully saturated rings. The van der Waals surface area contributed by atoms with Crippen LogP contribution in [0.2, 0.25) is 0 Å². The molecule has 0 radical (unpaired) electrons. The molecule has 0 bridgehead atoms. The molecule has 5 rings (SSSR count). The predicted molar refractivity (Wildman–Crippen MR) is 105 cm³/mol. The highest BCUT2D eigenvalue weighted by atomic mass is 16.7. The molecule has 0 saturated carbocycles. The van der Waals surface area contributed by atoms with Crippen molar-refractivity contribution >= 4 is 17.8 Å². The second kappa shape index (κ2) is 7.04. The predicted octanol–water partition coefficient (Wildman–Crippen LogP) is 3.43. The summed E-state index contributed by atoms with van der Waals surface area (Å²) in [7, 11) is 0. The van der Waals surface area contributed by atoms with E-state index in [0.29, 0.717) is 39.5 Å². The summed E-state index contributed by atoms with van der Waals surface area (Å²) in [5, 5.41) is 0. The number of imide groups is 1. The van der Waals surface area contributed by atoms with Crippen LogP contribution in [0.15, 0.2) is 66.7 Å². The maximum Gasteiger partial charge on any atom is 0.343 e. The van der Waals surface area contributed by atoms with Crippen LogP contribution in [0.3, 0.4) is 0 Å². The Bertz CT molecular complexity index is 1170. The number of amides is 2. The lowest BCUT2D eigenvalue weighted by Gasteiger charge is -2.14. The third-order valence-corrected chi connectivity index (χ3v) is 4.94. The number of hydrogen-bond acceptors (Lipinski definition) is 6. The first-order valence-corrected chi connectivity index (χ1v) is 9.26. The number of carbonyl (C=O) groups is 3. The number of ether oxygens (including phenoxy) is 3. The zero-order valence-corrected chi connectivity index (χ0v) is 15.7. The van der Waals surface area contributed by atoms with Gasteiger partial charge >= 0.3 is 5.97 Å². The minimum absolute atomic E-state index is 0.0670. The van der Waals surface area contributed by atoms with Crippen LogP contribution in [-0.4, -0.2) is 29.5 Å². The van der Waals surface area contributed by atoms with Crippen molar-refractivity contribution in [2.45, 2.75) is 6.54 Å². The van der Waals surface area contributed by atoms with Gasteiger partial charge in [0.2, 0.25) is 6.79 Å². The number of rotatable bonds is 4. The van der Waals surface area contributed by atoms with E-state index in [1.54, 1.807) is 66.7 Å². The van der Waals surface area contributed by atoms with Gasteiger partial charge in [-0.1, -0.05) is 24.3 Å². The summed E-state index contributed by atoms with van der Waals surface area (Å²) in [6.45, 7) is 0.198. The topological polar surface area (TPSA) is 82.1 Å². The molecule has 3 aromatic carbocycles. The maximum absolute atomic E-state index is 12.6. The van der Waals surface area contributed by atoms with Gasteiger partial charge in [0.05, 0.1) is 23.2 Å². The molecule has 7 heteroatoms. The van der Waals surface area contributed by atoms with Crippen LogP contribution >= 0.6 is 0 Å². The van der Waals surface area contributed by atoms with Gasteiger partial charge in [-0.05, 0) is 42.0 Å². The molecule has 0 aliphatic carbocycles. The van der Waals surface area contributed by atoms with Gasteiger partial charge in [-0.3, -0.25) is 14.5 Å². The van der Waals surface area contributed by atoms with Crippen molar-refractivity contribution in [1.82, 2.24) is 4.90 Å². The van der Waals surface area contributed by atoms with Crippen LogP contribution in [0.4, 0.5) is 0 Å². The average molecular weight is 401 g/mol. The number of carbonyl (C=O) groups excluding carboxylic acids is 3. The highest BCUT2D eigenvalue weighted by molar-refractivity contribution is 6.21. The molecular weight excluding hydrogens is 386 g/mol. The fraction of sp³-hybridized carbons (Fsp3) is 0.0870. The molecule has 0 spiro atoms. The van der Waals surface area contributed by atoms with Crippen molar-refractivity contribution in [3.63, 3.8) is 0 Å². The minimum Gasteiger partial charge on any atom is -0.454 e. The van der Waals surface area contributed by atoms with Gasteiger partial charge in [0, 0.05) is 6.07 Å². The summed E-state index contributed by atoms with van der Waals surface area (Å²) in [6, 6.07) is 18.2. The monoisotopic (exact) mass is 401 g/mol. The largest absolute Gasteiger partial charge is 0.454 e. The summed E-state index contributed by atoms with van der Waals surface area (Å²) >= 11 is 0. The van der Waals surface area contributed by atoms with E-state index < -0.39 is 5.97 Å². The van der Waals surface area contributed by atoms with Crippen LogP contribution in [-0.2, 0) is 6.54 Å². The van der Waals surface area contributed by atoms with E-state index >= 15 is 0 Å². The lowest BCUT2D eigenvalue weighted by Crippen LogP contribution is -2.29. The zero-order chi connectivity index (χ0) is 20.7. The Morgan fingerprint density at radius 3 is 2.37 bits per heavy atom. The Morgan fingerprint density at radius 2 is 1.60 bits per heavy atom. The van der Waals surface area contributed by atoms with Crippen molar-refractivity contribution in [1.29, 1.82) is 0 Å². The highest BCUT2D eigenvalue weighted by Gasteiger charge is 2.35. The first kappa shape index (κ1) is 17.9. The molecule has 3 aromatic rings. The summed E-state index contributed by atoms with van der Waals surface area (Å²) in [6.07, 6.45) is 0. The Labute approximate surface area is 171 Å². The average Bonchev–Trinajstić information content (AvgIpc) is 3.33. The summed E-state index contributed by atoms with van der Waals surface area (Å²) in [5.74, 6) is 0.193. The number of benzene rings is 3. The van der Waals surface area contributed by atoms with Crippen molar-refractivity contribution in [2.24, 2.45) is 0 Å². The van der Waals surface area contributed by atoms with Gasteiger partial charge in [-0.25, -0.2) is 4.79 Å². The van der Waals surface area contributed by atoms with Crippen LogP contribution in [0.1, 0.15) is 36.6 Å². The molecule has 148 valence electrons. The number of nitrogens with zero attached hydrogens (tertiary/aromatic N) is 1. The van der Waals surface area contributed by atoms with Gasteiger partial charge in [0.1, 0.15) is 5.75 Å². The summed E-state index contributed by atoms with van der Waals surface area (Å²) in [5.41, 5.74) is 1.73. The quantitative estimate of drug-likeness (QED) is 0.378. The van der Waals surface area contributed by atoms with Gasteiger partial charge in [-0.2, -0.15) is 0 Å². The van der Waals surface area contributed by atoms with E-state index in [-0.39, 0.29) is 25.2 Å². The minimum atomic E-state index is -0.557. The van der Waals surface area contributed by atoms with Crippen molar-refractivity contribution in [3.8, 4) is 17.2 Å². The molecule has 0 atom stereocenters. The van der Waals surface area contributed by atoms with Gasteiger partial charge in [0.25, 0.3) is 11.8 Å². The van der Waals surface area contributed by atoms with Gasteiger partial charge < -0.3 is 14.2 Å². The molecule has 0 unspecified atom stereocenters. The molecule has 2 aliphatic rings. The summed E-state index contributed by atoms with van der Waals surface area (Å²) in [4.78, 5) is 38.9. The molecule has 30 heavy (non-hydrogen) atoms. The second-order valence-corrected chi connectivity index (χ2v) is 6.85. The summed E-state index contributed by atoms with van der Waals surface area (Å²) < 4.78 is 15.9. The van der Waals surface area contributed by atoms with E-state index in [2.05, 4.69) is 0 Å². The molecule has 0 N–H and O–H groups in total. The molecule has 2 aliphatic heterocycles. The maximum atomic E-state index is 12.6. The van der Waals surface area contributed by atoms with Gasteiger partial charge in [-0.15, -0.1) is 0 Å². The molecule has 2 amide bonds. The normalized spacial score (nSPS) is 14.1. The lowest BCUT2D eigenvalue weighted by atomic mass is 10.1. The number of fused-ring (bicyclic) bond motifs is 2. The van der Waals surface area contributed by atoms with E-state index in [9.17, 15) is 14.4 Å². The lowest BCUT2D eigenvalue weighted by molar-refractivity contribution is 0.0641. The Hall–Kier alpha value is -4.13. The SMILES string of the molecule is O=C(Oc1ccc2c(c1)OCO2)c1cccc(CN2C(=O)c3ccccc3C2=O)c1. The van der Waals surface area contributed by atoms with Crippen LogP contribution in [0, 0.1) is 0 Å². The fourth-order valence-electron chi connectivity index (χ4n) is 3.47. The molecular formula is C23H15NO6. The van der Waals surface area contributed by atoms with Crippen molar-refractivity contribution < 1.29 is 28.6 Å². The Morgan fingerprint density at radius 1 is 0.867 bits per heavy atom. The second-order valence-electron chi connectivity index (χ2n) is 6.85. The molecule has 2 heterocycles. The van der Waals surface area contributed by atoms with E-state index in [0.717, 1.165) is 0 Å². The van der Waals surface area contributed by atoms with Crippen LogP contribution < -0.4 is 14.2 Å². The van der Waals surface area contributed by atoms with E-state index in [1.807, 2.05) is 0 Å². The third-order valence-electron chi connectivity index (χ3n) is 4.94. The van der Waals surface area contributed by atoms with Crippen molar-refractivity contribution in [2.75, 3.05) is 6.79 Å². The first-order chi connectivity index (χ1) is 14.6.